The van der Waals surface area contributed by atoms with Crippen molar-refractivity contribution in [2.75, 3.05) is 13.6 Å². The number of nitro groups is 1. The van der Waals surface area contributed by atoms with Crippen LogP contribution in [0.1, 0.15) is 38.5 Å². The van der Waals surface area contributed by atoms with Crippen LogP contribution in [0.5, 0.6) is 0 Å². The molecule has 1 saturated heterocycles. The van der Waals surface area contributed by atoms with Gasteiger partial charge in [-0.25, -0.2) is 0 Å². The molecule has 0 aromatic carbocycles. The van der Waals surface area contributed by atoms with Crippen molar-refractivity contribution in [1.82, 2.24) is 10.2 Å². The first-order valence-corrected chi connectivity index (χ1v) is 7.35. The molecule has 0 bridgehead atoms. The molecule has 106 valence electrons. The molecule has 0 radical (unpaired) electrons. The number of thiocarbonyl (C=S) groups is 1. The van der Waals surface area contributed by atoms with Gasteiger partial charge in [-0.15, -0.1) is 0 Å². The Balaban J connectivity index is 1.99. The van der Waals surface area contributed by atoms with Gasteiger partial charge in [-0.2, -0.15) is 0 Å². The first kappa shape index (κ1) is 14.2. The molecule has 0 aromatic rings. The van der Waals surface area contributed by atoms with Crippen molar-refractivity contribution in [3.05, 3.63) is 22.0 Å². The van der Waals surface area contributed by atoms with Crippen molar-refractivity contribution in [3.63, 3.8) is 0 Å². The Morgan fingerprint density at radius 1 is 1.42 bits per heavy atom. The van der Waals surface area contributed by atoms with Crippen LogP contribution >= 0.6 is 12.2 Å². The highest BCUT2D eigenvalue weighted by Crippen LogP contribution is 2.28. The van der Waals surface area contributed by atoms with E-state index in [0.717, 1.165) is 42.7 Å². The molecule has 1 saturated carbocycles. The SMILES string of the molecule is CN1CCC(C(=S)NC2CCCCC2)/C1=C/[N+](=O)[O-]. The summed E-state index contributed by atoms with van der Waals surface area (Å²) in [4.78, 5) is 13.0. The summed E-state index contributed by atoms with van der Waals surface area (Å²) < 4.78 is 0. The maximum absolute atomic E-state index is 10.7. The average molecular weight is 283 g/mol. The predicted octanol–water partition coefficient (Wildman–Crippen LogP) is 2.31. The van der Waals surface area contributed by atoms with Gasteiger partial charge in [-0.1, -0.05) is 31.5 Å². The molecule has 0 spiro atoms. The lowest BCUT2D eigenvalue weighted by atomic mass is 9.94. The zero-order valence-electron chi connectivity index (χ0n) is 11.3. The Bertz CT molecular complexity index is 391. The zero-order chi connectivity index (χ0) is 13.8. The molecule has 1 aliphatic carbocycles. The van der Waals surface area contributed by atoms with Crippen LogP contribution in [-0.4, -0.2) is 34.4 Å². The van der Waals surface area contributed by atoms with E-state index in [9.17, 15) is 10.1 Å². The van der Waals surface area contributed by atoms with Crippen LogP contribution in [-0.2, 0) is 0 Å². The van der Waals surface area contributed by atoms with Crippen LogP contribution in [0.4, 0.5) is 0 Å². The number of nitrogens with zero attached hydrogens (tertiary/aromatic N) is 2. The summed E-state index contributed by atoms with van der Waals surface area (Å²) in [6, 6.07) is 0.462. The summed E-state index contributed by atoms with van der Waals surface area (Å²) in [5, 5.41) is 14.1. The van der Waals surface area contributed by atoms with Gasteiger partial charge in [0.25, 0.3) is 6.20 Å². The van der Waals surface area contributed by atoms with Gasteiger partial charge in [-0.05, 0) is 19.3 Å². The Morgan fingerprint density at radius 3 is 2.74 bits per heavy atom. The lowest BCUT2D eigenvalue weighted by Gasteiger charge is -2.26. The van der Waals surface area contributed by atoms with E-state index in [4.69, 9.17) is 12.2 Å². The molecule has 0 amide bonds. The lowest BCUT2D eigenvalue weighted by molar-refractivity contribution is -0.404. The minimum Gasteiger partial charge on any atom is -0.376 e. The summed E-state index contributed by atoms with van der Waals surface area (Å²) in [5.74, 6) is 0.00678. The molecule has 2 aliphatic rings. The first-order chi connectivity index (χ1) is 9.08. The van der Waals surface area contributed by atoms with Gasteiger partial charge < -0.3 is 10.2 Å². The molecule has 2 rings (SSSR count). The molecule has 19 heavy (non-hydrogen) atoms. The molecule has 1 aliphatic heterocycles. The quantitative estimate of drug-likeness (QED) is 0.489. The van der Waals surface area contributed by atoms with E-state index in [0.29, 0.717) is 6.04 Å². The summed E-state index contributed by atoms with van der Waals surface area (Å²) in [6.45, 7) is 0.830. The van der Waals surface area contributed by atoms with Gasteiger partial charge in [0.15, 0.2) is 0 Å². The molecular formula is C13H21N3O2S. The fourth-order valence-electron chi connectivity index (χ4n) is 2.98. The Morgan fingerprint density at radius 2 is 2.11 bits per heavy atom. The third-order valence-corrected chi connectivity index (χ3v) is 4.46. The standard InChI is InChI=1S/C13H21N3O2S/c1-15-8-7-11(12(15)9-16(17)18)13(19)14-10-5-3-2-4-6-10/h9-11H,2-8H2,1H3,(H,14,19)/b12-9-. The highest BCUT2D eigenvalue weighted by atomic mass is 32.1. The molecule has 6 heteroatoms. The van der Waals surface area contributed by atoms with Gasteiger partial charge >= 0.3 is 0 Å². The van der Waals surface area contributed by atoms with Gasteiger partial charge in [0.1, 0.15) is 0 Å². The highest BCUT2D eigenvalue weighted by molar-refractivity contribution is 7.80. The number of hydrogen-bond acceptors (Lipinski definition) is 4. The molecular weight excluding hydrogens is 262 g/mol. The second kappa shape index (κ2) is 6.32. The van der Waals surface area contributed by atoms with E-state index in [-0.39, 0.29) is 10.8 Å². The number of hydrogen-bond donors (Lipinski definition) is 1. The van der Waals surface area contributed by atoms with Crippen molar-refractivity contribution in [2.45, 2.75) is 44.6 Å². The van der Waals surface area contributed by atoms with Crippen LogP contribution < -0.4 is 5.32 Å². The predicted molar refractivity (Wildman–Crippen MR) is 78.4 cm³/mol. The lowest BCUT2D eigenvalue weighted by Crippen LogP contribution is -2.39. The molecule has 5 nitrogen and oxygen atoms in total. The molecule has 1 unspecified atom stereocenters. The average Bonchev–Trinajstić information content (AvgIpc) is 2.72. The number of rotatable bonds is 3. The van der Waals surface area contributed by atoms with Gasteiger partial charge in [0, 0.05) is 19.6 Å². The minimum absolute atomic E-state index is 0.00678. The van der Waals surface area contributed by atoms with Crippen molar-refractivity contribution in [1.29, 1.82) is 0 Å². The van der Waals surface area contributed by atoms with Crippen LogP contribution in [0.3, 0.4) is 0 Å². The van der Waals surface area contributed by atoms with Crippen molar-refractivity contribution in [2.24, 2.45) is 5.92 Å². The molecule has 2 fully saturated rings. The third kappa shape index (κ3) is 3.65. The smallest absolute Gasteiger partial charge is 0.254 e. The highest BCUT2D eigenvalue weighted by Gasteiger charge is 2.32. The topological polar surface area (TPSA) is 58.4 Å². The van der Waals surface area contributed by atoms with Gasteiger partial charge in [0.2, 0.25) is 0 Å². The van der Waals surface area contributed by atoms with Gasteiger partial charge in [-0.3, -0.25) is 10.1 Å². The normalized spacial score (nSPS) is 26.7. The zero-order valence-corrected chi connectivity index (χ0v) is 12.1. The summed E-state index contributed by atoms with van der Waals surface area (Å²) >= 11 is 5.48. The van der Waals surface area contributed by atoms with E-state index in [1.54, 1.807) is 0 Å². The van der Waals surface area contributed by atoms with E-state index in [1.807, 2.05) is 11.9 Å². The monoisotopic (exact) mass is 283 g/mol. The summed E-state index contributed by atoms with van der Waals surface area (Å²) in [7, 11) is 1.89. The molecule has 1 atom stereocenters. The van der Waals surface area contributed by atoms with Crippen LogP contribution in [0.15, 0.2) is 11.9 Å². The Hall–Kier alpha value is -1.17. The number of nitrogens with one attached hydrogen (secondary N) is 1. The molecule has 1 heterocycles. The fourth-order valence-corrected chi connectivity index (χ4v) is 3.38. The van der Waals surface area contributed by atoms with Crippen molar-refractivity contribution in [3.8, 4) is 0 Å². The van der Waals surface area contributed by atoms with E-state index >= 15 is 0 Å². The van der Waals surface area contributed by atoms with Gasteiger partial charge in [0.05, 0.1) is 21.5 Å². The molecule has 0 aromatic heterocycles. The Labute approximate surface area is 119 Å². The number of likely N-dealkylation sites (tertiary alicyclic amines) is 1. The van der Waals surface area contributed by atoms with Crippen LogP contribution in [0.2, 0.25) is 0 Å². The maximum atomic E-state index is 10.7. The second-order valence-corrected chi connectivity index (χ2v) is 5.89. The minimum atomic E-state index is -0.382. The Kier molecular flexibility index (Phi) is 4.74. The fraction of sp³-hybridized carbons (Fsp3) is 0.769. The summed E-state index contributed by atoms with van der Waals surface area (Å²) in [6.07, 6.45) is 8.11. The van der Waals surface area contributed by atoms with Crippen LogP contribution in [0, 0.1) is 16.0 Å². The second-order valence-electron chi connectivity index (χ2n) is 5.45. The maximum Gasteiger partial charge on any atom is 0.254 e. The first-order valence-electron chi connectivity index (χ1n) is 6.94. The molecule has 1 N–H and O–H groups in total. The van der Waals surface area contributed by atoms with Crippen molar-refractivity contribution < 1.29 is 4.92 Å². The van der Waals surface area contributed by atoms with Crippen molar-refractivity contribution >= 4 is 17.2 Å². The van der Waals surface area contributed by atoms with E-state index < -0.39 is 0 Å². The van der Waals surface area contributed by atoms with E-state index in [2.05, 4.69) is 5.32 Å². The summed E-state index contributed by atoms with van der Waals surface area (Å²) in [5.41, 5.74) is 0.735. The van der Waals surface area contributed by atoms with Crippen LogP contribution in [0.25, 0.3) is 0 Å². The van der Waals surface area contributed by atoms with E-state index in [1.165, 1.54) is 19.3 Å². The largest absolute Gasteiger partial charge is 0.376 e. The third-order valence-electron chi connectivity index (χ3n) is 4.06.